The third-order valence-corrected chi connectivity index (χ3v) is 4.33. The smallest absolute Gasteiger partial charge is 0.237 e. The molecule has 116 valence electrons. The van der Waals surface area contributed by atoms with Crippen molar-refractivity contribution in [1.29, 1.82) is 0 Å². The summed E-state index contributed by atoms with van der Waals surface area (Å²) in [5.41, 5.74) is 1.87. The second-order valence-corrected chi connectivity index (χ2v) is 6.26. The highest BCUT2D eigenvalue weighted by molar-refractivity contribution is 8.00. The summed E-state index contributed by atoms with van der Waals surface area (Å²) in [5, 5.41) is 2.23. The molecule has 0 aliphatic carbocycles. The van der Waals surface area contributed by atoms with Gasteiger partial charge in [-0.2, -0.15) is 0 Å². The van der Waals surface area contributed by atoms with Gasteiger partial charge in [-0.25, -0.2) is 8.78 Å². The van der Waals surface area contributed by atoms with Crippen LogP contribution in [0.2, 0.25) is 0 Å². The van der Waals surface area contributed by atoms with Crippen LogP contribution in [0.25, 0.3) is 0 Å². The van der Waals surface area contributed by atoms with Gasteiger partial charge in [0.1, 0.15) is 11.6 Å². The highest BCUT2D eigenvalue weighted by Crippen LogP contribution is 2.27. The maximum atomic E-state index is 13.6. The lowest BCUT2D eigenvalue weighted by atomic mass is 10.1. The summed E-state index contributed by atoms with van der Waals surface area (Å²) in [6.07, 6.45) is 0.930. The molecule has 0 fully saturated rings. The van der Waals surface area contributed by atoms with Crippen LogP contribution in [0.3, 0.4) is 0 Å². The molecule has 1 atom stereocenters. The molecule has 0 saturated carbocycles. The molecule has 2 rings (SSSR count). The van der Waals surface area contributed by atoms with Gasteiger partial charge >= 0.3 is 0 Å². The Kier molecular flexibility index (Phi) is 5.55. The molecule has 2 nitrogen and oxygen atoms in total. The summed E-state index contributed by atoms with van der Waals surface area (Å²) in [5.74, 6) is -1.30. The second-order valence-electron chi connectivity index (χ2n) is 4.87. The Morgan fingerprint density at radius 2 is 1.86 bits per heavy atom. The number of aryl methyl sites for hydroxylation is 1. The fourth-order valence-electron chi connectivity index (χ4n) is 1.88. The molecule has 2 aromatic rings. The molecule has 2 aromatic carbocycles. The molecule has 0 unspecified atom stereocenters. The number of halogens is 2. The molecule has 5 heteroatoms. The molecular weight excluding hydrogens is 304 g/mol. The third kappa shape index (κ3) is 4.31. The number of hydrogen-bond acceptors (Lipinski definition) is 2. The van der Waals surface area contributed by atoms with E-state index < -0.39 is 16.9 Å². The number of hydrogen-bond donors (Lipinski definition) is 1. The van der Waals surface area contributed by atoms with Crippen molar-refractivity contribution in [2.24, 2.45) is 0 Å². The number of anilines is 1. The highest BCUT2D eigenvalue weighted by atomic mass is 32.2. The van der Waals surface area contributed by atoms with Gasteiger partial charge in [0.05, 0.1) is 5.25 Å². The van der Waals surface area contributed by atoms with Crippen LogP contribution in [0.4, 0.5) is 14.5 Å². The zero-order valence-electron chi connectivity index (χ0n) is 12.4. The van der Waals surface area contributed by atoms with Crippen LogP contribution in [-0.2, 0) is 11.2 Å². The maximum absolute atomic E-state index is 13.6. The molecule has 0 bridgehead atoms. The van der Waals surface area contributed by atoms with Crippen LogP contribution >= 0.6 is 11.8 Å². The number of nitrogens with one attached hydrogen (secondary N) is 1. The Bertz CT molecular complexity index is 658. The largest absolute Gasteiger partial charge is 0.325 e. The van der Waals surface area contributed by atoms with Crippen molar-refractivity contribution in [1.82, 2.24) is 0 Å². The van der Waals surface area contributed by atoms with Crippen LogP contribution in [0.15, 0.2) is 47.4 Å². The van der Waals surface area contributed by atoms with E-state index in [9.17, 15) is 13.6 Å². The summed E-state index contributed by atoms with van der Waals surface area (Å²) >= 11 is 0.992. The molecule has 0 aliphatic heterocycles. The molecule has 1 N–H and O–H groups in total. The zero-order valence-corrected chi connectivity index (χ0v) is 13.2. The van der Waals surface area contributed by atoms with Crippen LogP contribution in [0.5, 0.6) is 0 Å². The van der Waals surface area contributed by atoms with Gasteiger partial charge in [-0.3, -0.25) is 4.79 Å². The van der Waals surface area contributed by atoms with Crippen molar-refractivity contribution in [2.45, 2.75) is 30.4 Å². The van der Waals surface area contributed by atoms with Crippen LogP contribution in [0, 0.1) is 11.6 Å². The summed E-state index contributed by atoms with van der Waals surface area (Å²) in [6.45, 7) is 3.71. The van der Waals surface area contributed by atoms with E-state index in [1.807, 2.05) is 24.3 Å². The van der Waals surface area contributed by atoms with Crippen molar-refractivity contribution in [3.63, 3.8) is 0 Å². The SMILES string of the molecule is CCc1ccc(NC(=O)[C@@H](C)Sc2cc(F)ccc2F)cc1. The molecule has 0 radical (unpaired) electrons. The monoisotopic (exact) mass is 321 g/mol. The highest BCUT2D eigenvalue weighted by Gasteiger charge is 2.17. The lowest BCUT2D eigenvalue weighted by Gasteiger charge is -2.13. The van der Waals surface area contributed by atoms with Gasteiger partial charge < -0.3 is 5.32 Å². The first-order chi connectivity index (χ1) is 10.5. The molecule has 22 heavy (non-hydrogen) atoms. The van der Waals surface area contributed by atoms with E-state index in [-0.39, 0.29) is 10.8 Å². The van der Waals surface area contributed by atoms with Gasteiger partial charge in [0.25, 0.3) is 0 Å². The quantitative estimate of drug-likeness (QED) is 0.812. The first-order valence-electron chi connectivity index (χ1n) is 7.01. The summed E-state index contributed by atoms with van der Waals surface area (Å²) in [4.78, 5) is 12.2. The van der Waals surface area contributed by atoms with E-state index in [0.29, 0.717) is 5.69 Å². The number of benzene rings is 2. The summed E-state index contributed by atoms with van der Waals surface area (Å²) in [7, 11) is 0. The van der Waals surface area contributed by atoms with Crippen molar-refractivity contribution in [3.05, 3.63) is 59.7 Å². The Morgan fingerprint density at radius 1 is 1.18 bits per heavy atom. The van der Waals surface area contributed by atoms with E-state index >= 15 is 0 Å². The number of carbonyl (C=O) groups excluding carboxylic acids is 1. The van der Waals surface area contributed by atoms with Gasteiger partial charge in [0.2, 0.25) is 5.91 Å². The number of amides is 1. The van der Waals surface area contributed by atoms with E-state index in [1.165, 1.54) is 5.56 Å². The third-order valence-electron chi connectivity index (χ3n) is 3.20. The first kappa shape index (κ1) is 16.5. The Morgan fingerprint density at radius 3 is 2.50 bits per heavy atom. The normalized spacial score (nSPS) is 12.0. The predicted octanol–water partition coefficient (Wildman–Crippen LogP) is 4.65. The average molecular weight is 321 g/mol. The van der Waals surface area contributed by atoms with E-state index in [0.717, 1.165) is 36.4 Å². The molecule has 0 heterocycles. The summed E-state index contributed by atoms with van der Waals surface area (Å²) < 4.78 is 26.7. The minimum atomic E-state index is -0.540. The molecule has 1 amide bonds. The van der Waals surface area contributed by atoms with Crippen LogP contribution in [0.1, 0.15) is 19.4 Å². The fraction of sp³-hybridized carbons (Fsp3) is 0.235. The minimum absolute atomic E-state index is 0.129. The molecule has 0 aliphatic rings. The van der Waals surface area contributed by atoms with Gasteiger partial charge in [-0.05, 0) is 49.2 Å². The Hall–Kier alpha value is -1.88. The molecule has 0 aromatic heterocycles. The topological polar surface area (TPSA) is 29.1 Å². The average Bonchev–Trinajstić information content (AvgIpc) is 2.51. The first-order valence-corrected chi connectivity index (χ1v) is 7.89. The lowest BCUT2D eigenvalue weighted by Crippen LogP contribution is -2.22. The van der Waals surface area contributed by atoms with Crippen molar-refractivity contribution >= 4 is 23.4 Å². The summed E-state index contributed by atoms with van der Waals surface area (Å²) in [6, 6.07) is 10.8. The number of thioether (sulfide) groups is 1. The Labute approximate surface area is 132 Å². The molecular formula is C17H17F2NOS. The number of carbonyl (C=O) groups is 1. The second kappa shape index (κ2) is 7.40. The standard InChI is InChI=1S/C17H17F2NOS/c1-3-12-4-7-14(8-5-12)20-17(21)11(2)22-16-10-13(18)6-9-15(16)19/h4-11H,3H2,1-2H3,(H,20,21)/t11-/m1/s1. The molecule has 0 spiro atoms. The van der Waals surface area contributed by atoms with E-state index in [2.05, 4.69) is 12.2 Å². The van der Waals surface area contributed by atoms with Crippen LogP contribution in [-0.4, -0.2) is 11.2 Å². The van der Waals surface area contributed by atoms with Gasteiger partial charge in [0, 0.05) is 10.6 Å². The van der Waals surface area contributed by atoms with Crippen molar-refractivity contribution in [2.75, 3.05) is 5.32 Å². The van der Waals surface area contributed by atoms with E-state index in [4.69, 9.17) is 0 Å². The van der Waals surface area contributed by atoms with Crippen LogP contribution < -0.4 is 5.32 Å². The van der Waals surface area contributed by atoms with Crippen molar-refractivity contribution < 1.29 is 13.6 Å². The van der Waals surface area contributed by atoms with Gasteiger partial charge in [-0.15, -0.1) is 11.8 Å². The maximum Gasteiger partial charge on any atom is 0.237 e. The fourth-order valence-corrected chi connectivity index (χ4v) is 2.79. The van der Waals surface area contributed by atoms with Gasteiger partial charge in [-0.1, -0.05) is 19.1 Å². The zero-order chi connectivity index (χ0) is 16.1. The lowest BCUT2D eigenvalue weighted by molar-refractivity contribution is -0.115. The van der Waals surface area contributed by atoms with Crippen molar-refractivity contribution in [3.8, 4) is 0 Å². The van der Waals surface area contributed by atoms with E-state index in [1.54, 1.807) is 6.92 Å². The Balaban J connectivity index is 2.00. The number of rotatable bonds is 5. The minimum Gasteiger partial charge on any atom is -0.325 e. The van der Waals surface area contributed by atoms with Gasteiger partial charge in [0.15, 0.2) is 0 Å². The molecule has 0 saturated heterocycles. The predicted molar refractivity (Wildman–Crippen MR) is 86.1 cm³/mol.